The Morgan fingerprint density at radius 3 is 2.69 bits per heavy atom. The molecule has 32 heavy (non-hydrogen) atoms. The lowest BCUT2D eigenvalue weighted by Crippen LogP contribution is -2.31. The Morgan fingerprint density at radius 2 is 2.00 bits per heavy atom. The van der Waals surface area contributed by atoms with Crippen LogP contribution in [0.15, 0.2) is 33.0 Å². The molecule has 0 unspecified atom stereocenters. The first-order valence-corrected chi connectivity index (χ1v) is 10.8. The van der Waals surface area contributed by atoms with E-state index in [2.05, 4.69) is 56.0 Å². The van der Waals surface area contributed by atoms with Gasteiger partial charge in [-0.3, -0.25) is 9.69 Å². The van der Waals surface area contributed by atoms with Gasteiger partial charge in [0, 0.05) is 12.8 Å². The van der Waals surface area contributed by atoms with Crippen molar-refractivity contribution in [2.45, 2.75) is 59.4 Å². The van der Waals surface area contributed by atoms with Crippen molar-refractivity contribution >= 4 is 17.9 Å². The maximum Gasteiger partial charge on any atom is 0.293 e. The van der Waals surface area contributed by atoms with E-state index >= 15 is 0 Å². The third-order valence-electron chi connectivity index (χ3n) is 5.19. The lowest BCUT2D eigenvalue weighted by Gasteiger charge is -2.26. The van der Waals surface area contributed by atoms with Crippen LogP contribution in [0, 0.1) is 0 Å². The van der Waals surface area contributed by atoms with Gasteiger partial charge in [0.1, 0.15) is 0 Å². The fourth-order valence-corrected chi connectivity index (χ4v) is 3.44. The van der Waals surface area contributed by atoms with E-state index in [1.807, 2.05) is 13.0 Å². The van der Waals surface area contributed by atoms with Gasteiger partial charge in [0.2, 0.25) is 11.6 Å². The largest absolute Gasteiger partial charge is 0.378 e. The molecule has 0 aromatic carbocycles. The third kappa shape index (κ3) is 6.33. The smallest absolute Gasteiger partial charge is 0.293 e. The molecule has 2 aromatic heterocycles. The molecule has 0 aliphatic carbocycles. The molecule has 3 heterocycles. The van der Waals surface area contributed by atoms with E-state index in [9.17, 15) is 4.79 Å². The second kappa shape index (κ2) is 11.3. The minimum Gasteiger partial charge on any atom is -0.378 e. The molecule has 11 nitrogen and oxygen atoms in total. The van der Waals surface area contributed by atoms with Crippen molar-refractivity contribution in [3.63, 3.8) is 0 Å². The molecule has 0 radical (unpaired) electrons. The molecule has 1 fully saturated rings. The van der Waals surface area contributed by atoms with Gasteiger partial charge in [-0.05, 0) is 75.9 Å². The van der Waals surface area contributed by atoms with E-state index in [4.69, 9.17) is 10.4 Å². The molecule has 2 aromatic rings. The van der Waals surface area contributed by atoms with Gasteiger partial charge in [-0.1, -0.05) is 28.9 Å². The van der Waals surface area contributed by atoms with Gasteiger partial charge in [-0.25, -0.2) is 10.1 Å². The first kappa shape index (κ1) is 23.3. The predicted octanol–water partition coefficient (Wildman–Crippen LogP) is 2.63. The van der Waals surface area contributed by atoms with Crippen molar-refractivity contribution in [3.05, 3.63) is 34.7 Å². The van der Waals surface area contributed by atoms with Gasteiger partial charge in [0.05, 0.1) is 5.69 Å². The quantitative estimate of drug-likeness (QED) is 0.344. The summed E-state index contributed by atoms with van der Waals surface area (Å²) in [6.07, 6.45) is 11.0. The van der Waals surface area contributed by atoms with Gasteiger partial charge in [-0.2, -0.15) is 9.78 Å². The molecule has 3 N–H and O–H groups in total. The van der Waals surface area contributed by atoms with E-state index in [-0.39, 0.29) is 17.3 Å². The number of allylic oxidation sites excluding steroid dienone is 4. The summed E-state index contributed by atoms with van der Waals surface area (Å²) in [4.78, 5) is 15.0. The molecule has 1 saturated heterocycles. The van der Waals surface area contributed by atoms with Crippen molar-refractivity contribution < 1.29 is 9.42 Å². The number of nitrogens with zero attached hydrogens (tertiary/aromatic N) is 7. The van der Waals surface area contributed by atoms with E-state index < -0.39 is 5.91 Å². The van der Waals surface area contributed by atoms with Crippen LogP contribution >= 0.6 is 0 Å². The first-order valence-electron chi connectivity index (χ1n) is 10.8. The Kier molecular flexibility index (Phi) is 8.26. The molecule has 3 rings (SSSR count). The summed E-state index contributed by atoms with van der Waals surface area (Å²) in [5.74, 6) is -0.166. The van der Waals surface area contributed by atoms with Crippen LogP contribution in [0.1, 0.15) is 69.1 Å². The zero-order valence-corrected chi connectivity index (χ0v) is 18.9. The summed E-state index contributed by atoms with van der Waals surface area (Å²) in [6.45, 7) is 8.56. The number of nitrogens with two attached hydrogens (primary N) is 1. The maximum atomic E-state index is 12.8. The SMILES string of the molecule is CC(C)=CCC/C(C)=C/C=N\NC(=O)c1nnn(-c2nonc2N)c1CN1CCCCC1. The Bertz CT molecular complexity index is 993. The van der Waals surface area contributed by atoms with E-state index in [0.717, 1.165) is 38.8 Å². The summed E-state index contributed by atoms with van der Waals surface area (Å²) in [5, 5.41) is 19.6. The van der Waals surface area contributed by atoms with Gasteiger partial charge >= 0.3 is 0 Å². The van der Waals surface area contributed by atoms with Crippen LogP contribution in [0.5, 0.6) is 0 Å². The highest BCUT2D eigenvalue weighted by molar-refractivity contribution is 5.93. The minimum atomic E-state index is -0.454. The number of hydrogen-bond donors (Lipinski definition) is 2. The number of carbonyl (C=O) groups excluding carboxylic acids is 1. The summed E-state index contributed by atoms with van der Waals surface area (Å²) < 4.78 is 6.10. The maximum absolute atomic E-state index is 12.8. The topological polar surface area (TPSA) is 140 Å². The number of nitrogens with one attached hydrogen (secondary N) is 1. The van der Waals surface area contributed by atoms with Crippen molar-refractivity contribution in [1.82, 2.24) is 35.6 Å². The molecular weight excluding hydrogens is 410 g/mol. The van der Waals surface area contributed by atoms with Gasteiger partial charge in [0.25, 0.3) is 5.91 Å². The number of amides is 1. The number of anilines is 1. The van der Waals surface area contributed by atoms with Crippen LogP contribution in [-0.4, -0.2) is 55.4 Å². The summed E-state index contributed by atoms with van der Waals surface area (Å²) >= 11 is 0. The van der Waals surface area contributed by atoms with E-state index in [1.54, 1.807) is 6.21 Å². The van der Waals surface area contributed by atoms with Gasteiger partial charge < -0.3 is 5.73 Å². The normalized spacial score (nSPS) is 15.3. The van der Waals surface area contributed by atoms with Crippen molar-refractivity contribution in [2.24, 2.45) is 5.10 Å². The van der Waals surface area contributed by atoms with E-state index in [0.29, 0.717) is 12.2 Å². The number of aromatic nitrogens is 5. The van der Waals surface area contributed by atoms with Crippen LogP contribution < -0.4 is 11.2 Å². The number of carbonyl (C=O) groups is 1. The Hall–Kier alpha value is -3.34. The number of hydrogen-bond acceptors (Lipinski definition) is 9. The zero-order chi connectivity index (χ0) is 22.9. The summed E-state index contributed by atoms with van der Waals surface area (Å²) in [6, 6.07) is 0. The van der Waals surface area contributed by atoms with Crippen LogP contribution in [0.25, 0.3) is 5.82 Å². The number of hydrazone groups is 1. The molecule has 172 valence electrons. The summed E-state index contributed by atoms with van der Waals surface area (Å²) in [7, 11) is 0. The molecular formula is C21H31N9O2. The first-order chi connectivity index (χ1) is 15.5. The Morgan fingerprint density at radius 1 is 1.22 bits per heavy atom. The lowest BCUT2D eigenvalue weighted by molar-refractivity contribution is 0.0947. The number of rotatable bonds is 9. The standard InChI is InChI=1S/C21H31N9O2/c1-15(2)8-7-9-16(3)10-11-23-25-21(31)18-17(14-29-12-5-4-6-13-29)30(28-24-18)20-19(22)26-32-27-20/h8,10-11H,4-7,9,12-14H2,1-3H3,(H2,22,26)(H,25,31)/b16-10+,23-11-. The molecule has 1 aliphatic heterocycles. The molecule has 1 aliphatic rings. The fourth-order valence-electron chi connectivity index (χ4n) is 3.44. The van der Waals surface area contributed by atoms with Gasteiger partial charge in [0.15, 0.2) is 5.69 Å². The Balaban J connectivity index is 1.71. The average molecular weight is 442 g/mol. The van der Waals surface area contributed by atoms with Gasteiger partial charge in [-0.15, -0.1) is 5.10 Å². The molecule has 0 atom stereocenters. The lowest BCUT2D eigenvalue weighted by atomic mass is 10.1. The molecule has 0 saturated carbocycles. The molecule has 0 spiro atoms. The van der Waals surface area contributed by atoms with Crippen LogP contribution in [0.3, 0.4) is 0 Å². The number of nitrogen functional groups attached to an aromatic ring is 1. The monoisotopic (exact) mass is 441 g/mol. The van der Waals surface area contributed by atoms with Crippen molar-refractivity contribution in [2.75, 3.05) is 18.8 Å². The van der Waals surface area contributed by atoms with Crippen LogP contribution in [0.2, 0.25) is 0 Å². The number of piperidine rings is 1. The van der Waals surface area contributed by atoms with Crippen LogP contribution in [0.4, 0.5) is 5.82 Å². The summed E-state index contributed by atoms with van der Waals surface area (Å²) in [5.41, 5.74) is 11.6. The van der Waals surface area contributed by atoms with Crippen molar-refractivity contribution in [1.29, 1.82) is 0 Å². The fraction of sp³-hybridized carbons (Fsp3) is 0.524. The second-order valence-corrected chi connectivity index (χ2v) is 8.16. The highest BCUT2D eigenvalue weighted by Gasteiger charge is 2.26. The molecule has 1 amide bonds. The average Bonchev–Trinajstić information content (AvgIpc) is 3.37. The zero-order valence-electron chi connectivity index (χ0n) is 18.9. The third-order valence-corrected chi connectivity index (χ3v) is 5.19. The van der Waals surface area contributed by atoms with Crippen molar-refractivity contribution in [3.8, 4) is 5.82 Å². The Labute approximate surface area is 187 Å². The highest BCUT2D eigenvalue weighted by Crippen LogP contribution is 2.19. The van der Waals surface area contributed by atoms with E-state index in [1.165, 1.54) is 22.2 Å². The molecule has 11 heteroatoms. The second-order valence-electron chi connectivity index (χ2n) is 8.16. The van der Waals surface area contributed by atoms with Crippen LogP contribution in [-0.2, 0) is 6.54 Å². The number of likely N-dealkylation sites (tertiary alicyclic amines) is 1. The minimum absolute atomic E-state index is 0.0773. The highest BCUT2D eigenvalue weighted by atomic mass is 16.6. The molecule has 0 bridgehead atoms. The predicted molar refractivity (Wildman–Crippen MR) is 121 cm³/mol.